The van der Waals surface area contributed by atoms with E-state index in [1.54, 1.807) is 0 Å². The van der Waals surface area contributed by atoms with E-state index in [0.29, 0.717) is 0 Å². The first-order valence-electron chi connectivity index (χ1n) is 3.82. The maximum absolute atomic E-state index is 12.6. The van der Waals surface area contributed by atoms with Gasteiger partial charge in [0.15, 0.2) is 5.03 Å². The lowest BCUT2D eigenvalue weighted by atomic mass is 10.3. The van der Waals surface area contributed by atoms with Gasteiger partial charge < -0.3 is 4.74 Å². The molecule has 0 spiro atoms. The van der Waals surface area contributed by atoms with Gasteiger partial charge in [-0.3, -0.25) is 0 Å². The van der Waals surface area contributed by atoms with Crippen LogP contribution in [0.25, 0.3) is 0 Å². The Labute approximate surface area is 98.8 Å². The zero-order valence-electron chi connectivity index (χ0n) is 7.95. The average molecular weight is 317 g/mol. The van der Waals surface area contributed by atoms with E-state index in [9.17, 15) is 17.2 Å². The smallest absolute Gasteiger partial charge is 0.270 e. The molecule has 90 valence electrons. The van der Waals surface area contributed by atoms with Crippen molar-refractivity contribution in [3.8, 4) is 5.88 Å². The number of sulfonamides is 1. The minimum atomic E-state index is -4.07. The summed E-state index contributed by atoms with van der Waals surface area (Å²) in [4.78, 5) is 3.40. The summed E-state index contributed by atoms with van der Waals surface area (Å²) >= 11 is 2.81. The highest BCUT2D eigenvalue weighted by Crippen LogP contribution is 2.35. The van der Waals surface area contributed by atoms with Gasteiger partial charge in [0, 0.05) is 4.47 Å². The van der Waals surface area contributed by atoms with E-state index in [4.69, 9.17) is 5.14 Å². The van der Waals surface area contributed by atoms with Crippen molar-refractivity contribution in [2.45, 2.75) is 11.5 Å². The van der Waals surface area contributed by atoms with Gasteiger partial charge in [-0.05, 0) is 22.0 Å². The quantitative estimate of drug-likeness (QED) is 0.914. The van der Waals surface area contributed by atoms with Crippen molar-refractivity contribution in [1.82, 2.24) is 4.98 Å². The molecule has 0 aromatic carbocycles. The Kier molecular flexibility index (Phi) is 3.81. The molecule has 0 amide bonds. The number of alkyl halides is 2. The average Bonchev–Trinajstić information content (AvgIpc) is 2.14. The number of pyridine rings is 1. The Balaban J connectivity index is 3.50. The minimum Gasteiger partial charge on any atom is -0.481 e. The summed E-state index contributed by atoms with van der Waals surface area (Å²) in [5.74, 6) is -0.478. The second-order valence-corrected chi connectivity index (χ2v) is 5.07. The third-order valence-corrected chi connectivity index (χ3v) is 3.10. The van der Waals surface area contributed by atoms with Crippen LogP contribution in [0.4, 0.5) is 8.78 Å². The molecule has 16 heavy (non-hydrogen) atoms. The van der Waals surface area contributed by atoms with Crippen LogP contribution < -0.4 is 9.88 Å². The number of nitrogens with two attached hydrogens (primary N) is 1. The van der Waals surface area contributed by atoms with Gasteiger partial charge in [0.25, 0.3) is 16.4 Å². The van der Waals surface area contributed by atoms with Crippen molar-refractivity contribution < 1.29 is 21.9 Å². The third kappa shape index (κ3) is 2.66. The fraction of sp³-hybridized carbons (Fsp3) is 0.286. The molecule has 0 radical (unpaired) electrons. The van der Waals surface area contributed by atoms with Crippen LogP contribution in [0.2, 0.25) is 0 Å². The third-order valence-electron chi connectivity index (χ3n) is 1.65. The first kappa shape index (κ1) is 13.3. The number of rotatable bonds is 3. The molecule has 0 atom stereocenters. The molecule has 0 saturated carbocycles. The molecule has 0 saturated heterocycles. The van der Waals surface area contributed by atoms with Crippen LogP contribution in [0.1, 0.15) is 12.0 Å². The number of hydrogen-bond donors (Lipinski definition) is 1. The lowest BCUT2D eigenvalue weighted by Gasteiger charge is -2.10. The zero-order valence-corrected chi connectivity index (χ0v) is 10.3. The van der Waals surface area contributed by atoms with Crippen LogP contribution in [-0.2, 0) is 10.0 Å². The summed E-state index contributed by atoms with van der Waals surface area (Å²) in [6.07, 6.45) is -2.84. The topological polar surface area (TPSA) is 82.3 Å². The summed E-state index contributed by atoms with van der Waals surface area (Å²) in [7, 11) is -2.96. The van der Waals surface area contributed by atoms with Crippen LogP contribution in [0.3, 0.4) is 0 Å². The molecule has 0 bridgehead atoms. The number of nitrogens with zero attached hydrogens (tertiary/aromatic N) is 1. The summed E-state index contributed by atoms with van der Waals surface area (Å²) in [6.45, 7) is 0. The second-order valence-electron chi connectivity index (χ2n) is 2.71. The highest BCUT2D eigenvalue weighted by molar-refractivity contribution is 9.10. The van der Waals surface area contributed by atoms with E-state index < -0.39 is 32.9 Å². The minimum absolute atomic E-state index is 0.127. The van der Waals surface area contributed by atoms with Gasteiger partial charge in [-0.1, -0.05) is 0 Å². The van der Waals surface area contributed by atoms with Gasteiger partial charge >= 0.3 is 0 Å². The number of ether oxygens (including phenoxy) is 1. The monoisotopic (exact) mass is 316 g/mol. The standard InChI is InChI=1S/C7H7BrF2N2O3S/c1-15-7-5(6(9)10)3(8)2-4(12-7)16(11,13)14/h2,6H,1H3,(H2,11,13,14). The molecule has 1 heterocycles. The highest BCUT2D eigenvalue weighted by Gasteiger charge is 2.23. The molecule has 0 unspecified atom stereocenters. The summed E-state index contributed by atoms with van der Waals surface area (Å²) < 4.78 is 51.6. The molecule has 5 nitrogen and oxygen atoms in total. The Morgan fingerprint density at radius 1 is 1.56 bits per heavy atom. The molecule has 9 heteroatoms. The van der Waals surface area contributed by atoms with Gasteiger partial charge in [-0.25, -0.2) is 22.3 Å². The molecule has 0 aliphatic carbocycles. The first-order valence-corrected chi connectivity index (χ1v) is 6.16. The molecule has 1 aromatic heterocycles. The molecule has 1 rings (SSSR count). The molecular weight excluding hydrogens is 310 g/mol. The molecule has 2 N–H and O–H groups in total. The Morgan fingerprint density at radius 2 is 2.12 bits per heavy atom. The van der Waals surface area contributed by atoms with Crippen molar-refractivity contribution in [2.75, 3.05) is 7.11 Å². The van der Waals surface area contributed by atoms with Gasteiger partial charge in [0.05, 0.1) is 12.7 Å². The van der Waals surface area contributed by atoms with Gasteiger partial charge in [0.1, 0.15) is 0 Å². The van der Waals surface area contributed by atoms with E-state index in [2.05, 4.69) is 25.7 Å². The lowest BCUT2D eigenvalue weighted by Crippen LogP contribution is -2.15. The van der Waals surface area contributed by atoms with Crippen molar-refractivity contribution in [3.05, 3.63) is 16.1 Å². The fourth-order valence-corrected chi connectivity index (χ4v) is 2.18. The zero-order chi connectivity index (χ0) is 12.5. The van der Waals surface area contributed by atoms with Crippen LogP contribution >= 0.6 is 15.9 Å². The largest absolute Gasteiger partial charge is 0.481 e. The van der Waals surface area contributed by atoms with Gasteiger partial charge in [-0.15, -0.1) is 0 Å². The van der Waals surface area contributed by atoms with Crippen LogP contribution in [0, 0.1) is 0 Å². The van der Waals surface area contributed by atoms with Crippen molar-refractivity contribution in [2.24, 2.45) is 5.14 Å². The van der Waals surface area contributed by atoms with Gasteiger partial charge in [-0.2, -0.15) is 4.98 Å². The van der Waals surface area contributed by atoms with E-state index >= 15 is 0 Å². The Bertz CT molecular complexity index is 507. The number of hydrogen-bond acceptors (Lipinski definition) is 4. The maximum Gasteiger partial charge on any atom is 0.270 e. The first-order chi connectivity index (χ1) is 7.27. The number of primary sulfonamides is 1. The van der Waals surface area contributed by atoms with Crippen molar-refractivity contribution in [1.29, 1.82) is 0 Å². The lowest BCUT2D eigenvalue weighted by molar-refractivity contribution is 0.144. The van der Waals surface area contributed by atoms with Crippen molar-refractivity contribution in [3.63, 3.8) is 0 Å². The number of halogens is 3. The van der Waals surface area contributed by atoms with Crippen LogP contribution in [0.5, 0.6) is 5.88 Å². The highest BCUT2D eigenvalue weighted by atomic mass is 79.9. The van der Waals surface area contributed by atoms with Crippen LogP contribution in [-0.4, -0.2) is 20.5 Å². The van der Waals surface area contributed by atoms with E-state index in [-0.39, 0.29) is 4.47 Å². The van der Waals surface area contributed by atoms with E-state index in [1.165, 1.54) is 0 Å². The molecule has 0 aliphatic heterocycles. The maximum atomic E-state index is 12.6. The predicted molar refractivity (Wildman–Crippen MR) is 54.8 cm³/mol. The molecule has 0 fully saturated rings. The number of aromatic nitrogens is 1. The van der Waals surface area contributed by atoms with E-state index in [0.717, 1.165) is 13.2 Å². The van der Waals surface area contributed by atoms with E-state index in [1.807, 2.05) is 0 Å². The number of methoxy groups -OCH3 is 1. The summed E-state index contributed by atoms with van der Waals surface area (Å²) in [5.41, 5.74) is -0.519. The fourth-order valence-electron chi connectivity index (χ4n) is 0.980. The second kappa shape index (κ2) is 4.60. The Morgan fingerprint density at radius 3 is 2.50 bits per heavy atom. The van der Waals surface area contributed by atoms with Gasteiger partial charge in [0.2, 0.25) is 5.88 Å². The SMILES string of the molecule is COc1nc(S(N)(=O)=O)cc(Br)c1C(F)F. The predicted octanol–water partition coefficient (Wildman–Crippen LogP) is 1.44. The van der Waals surface area contributed by atoms with Crippen molar-refractivity contribution >= 4 is 26.0 Å². The molecular formula is C7H7BrF2N2O3S. The summed E-state index contributed by atoms with van der Waals surface area (Å²) in [5, 5.41) is 4.28. The summed E-state index contributed by atoms with van der Waals surface area (Å²) in [6, 6.07) is 0.902. The Hall–Kier alpha value is -0.800. The van der Waals surface area contributed by atoms with Crippen LogP contribution in [0.15, 0.2) is 15.6 Å². The molecule has 1 aromatic rings. The molecule has 0 aliphatic rings. The normalized spacial score (nSPS) is 11.9.